The van der Waals surface area contributed by atoms with Gasteiger partial charge in [0, 0.05) is 18.8 Å². The summed E-state index contributed by atoms with van der Waals surface area (Å²) in [4.78, 5) is 15.8. The average molecular weight is 284 g/mol. The number of hydrogen-bond donors (Lipinski definition) is 0. The van der Waals surface area contributed by atoms with Crippen LogP contribution in [-0.2, 0) is 6.42 Å². The van der Waals surface area contributed by atoms with Crippen molar-refractivity contribution in [2.24, 2.45) is 5.92 Å². The summed E-state index contributed by atoms with van der Waals surface area (Å²) in [5.74, 6) is 1.18. The van der Waals surface area contributed by atoms with Gasteiger partial charge in [0.2, 0.25) is 5.91 Å². The highest BCUT2D eigenvalue weighted by Gasteiger charge is 2.10. The molecule has 1 heterocycles. The van der Waals surface area contributed by atoms with Crippen LogP contribution in [0.3, 0.4) is 0 Å². The Bertz CT molecular complexity index is 591. The van der Waals surface area contributed by atoms with Crippen LogP contribution in [0.25, 0.3) is 0 Å². The molecule has 0 aliphatic heterocycles. The van der Waals surface area contributed by atoms with Gasteiger partial charge in [-0.3, -0.25) is 9.36 Å². The highest BCUT2D eigenvalue weighted by atomic mass is 16.5. The van der Waals surface area contributed by atoms with Crippen molar-refractivity contribution in [3.63, 3.8) is 0 Å². The molecular formula is C17H20N2O2. The second-order valence-corrected chi connectivity index (χ2v) is 4.95. The molecule has 2 aromatic rings. The molecule has 0 radical (unpaired) electrons. The highest BCUT2D eigenvalue weighted by Crippen LogP contribution is 2.19. The molecule has 0 spiro atoms. The zero-order valence-corrected chi connectivity index (χ0v) is 12.2. The number of carbonyl (C=O) groups excluding carboxylic acids is 1. The minimum absolute atomic E-state index is 0.0602. The Morgan fingerprint density at radius 2 is 2.38 bits per heavy atom. The second kappa shape index (κ2) is 7.43. The first-order chi connectivity index (χ1) is 10.2. The lowest BCUT2D eigenvalue weighted by molar-refractivity contribution is 0.0895. The summed E-state index contributed by atoms with van der Waals surface area (Å²) in [6.45, 7) is 3.88. The van der Waals surface area contributed by atoms with Crippen LogP contribution in [-0.4, -0.2) is 22.6 Å². The van der Waals surface area contributed by atoms with E-state index < -0.39 is 0 Å². The lowest BCUT2D eigenvalue weighted by atomic mass is 9.94. The third-order valence-electron chi connectivity index (χ3n) is 3.49. The van der Waals surface area contributed by atoms with Gasteiger partial charge < -0.3 is 4.74 Å². The Balaban J connectivity index is 1.91. The summed E-state index contributed by atoms with van der Waals surface area (Å²) in [7, 11) is 1.66. The van der Waals surface area contributed by atoms with Gasteiger partial charge in [-0.1, -0.05) is 18.2 Å². The molecule has 1 unspecified atom stereocenters. The van der Waals surface area contributed by atoms with Gasteiger partial charge in [-0.2, -0.15) is 0 Å². The molecule has 0 N–H and O–H groups in total. The van der Waals surface area contributed by atoms with E-state index in [2.05, 4.69) is 17.6 Å². The fraction of sp³-hybridized carbons (Fsp3) is 0.294. The van der Waals surface area contributed by atoms with Crippen LogP contribution in [0.4, 0.5) is 0 Å². The second-order valence-electron chi connectivity index (χ2n) is 4.95. The van der Waals surface area contributed by atoms with E-state index >= 15 is 0 Å². The van der Waals surface area contributed by atoms with Gasteiger partial charge in [-0.05, 0) is 36.5 Å². The van der Waals surface area contributed by atoms with Crippen molar-refractivity contribution in [3.8, 4) is 5.75 Å². The van der Waals surface area contributed by atoms with Crippen molar-refractivity contribution in [1.29, 1.82) is 0 Å². The first-order valence-electron chi connectivity index (χ1n) is 6.99. The van der Waals surface area contributed by atoms with Gasteiger partial charge in [-0.25, -0.2) is 4.98 Å². The van der Waals surface area contributed by atoms with Crippen molar-refractivity contribution < 1.29 is 9.53 Å². The number of methoxy groups -OCH3 is 1. The zero-order chi connectivity index (χ0) is 15.1. The van der Waals surface area contributed by atoms with E-state index in [1.807, 2.05) is 24.3 Å². The Labute approximate surface area is 125 Å². The average Bonchev–Trinajstić information content (AvgIpc) is 3.05. The monoisotopic (exact) mass is 284 g/mol. The van der Waals surface area contributed by atoms with Crippen LogP contribution in [0.15, 0.2) is 55.6 Å². The number of allylic oxidation sites excluding steroid dienone is 1. The third kappa shape index (κ3) is 4.31. The topological polar surface area (TPSA) is 44.1 Å². The maximum absolute atomic E-state index is 11.9. The van der Waals surface area contributed by atoms with Gasteiger partial charge in [0.15, 0.2) is 0 Å². The van der Waals surface area contributed by atoms with E-state index in [4.69, 9.17) is 4.74 Å². The molecule has 1 atom stereocenters. The number of nitrogens with zero attached hydrogens (tertiary/aromatic N) is 2. The smallest absolute Gasteiger partial charge is 0.231 e. The summed E-state index contributed by atoms with van der Waals surface area (Å²) in [6.07, 6.45) is 8.85. The largest absolute Gasteiger partial charge is 0.497 e. The molecule has 4 nitrogen and oxygen atoms in total. The van der Waals surface area contributed by atoms with Gasteiger partial charge in [0.05, 0.1) is 7.11 Å². The van der Waals surface area contributed by atoms with Crippen LogP contribution in [0.1, 0.15) is 23.2 Å². The van der Waals surface area contributed by atoms with Crippen LogP contribution >= 0.6 is 0 Å². The molecule has 0 fully saturated rings. The third-order valence-corrected chi connectivity index (χ3v) is 3.49. The SMILES string of the molecule is C=CC(CCC(=O)n1ccnc1)Cc1cccc(OC)c1. The van der Waals surface area contributed by atoms with Crippen molar-refractivity contribution in [3.05, 3.63) is 61.2 Å². The quantitative estimate of drug-likeness (QED) is 0.732. The molecule has 1 aromatic heterocycles. The van der Waals surface area contributed by atoms with Crippen LogP contribution < -0.4 is 4.74 Å². The summed E-state index contributed by atoms with van der Waals surface area (Å²) in [5.41, 5.74) is 1.19. The molecule has 2 rings (SSSR count). The minimum Gasteiger partial charge on any atom is -0.497 e. The molecule has 0 aliphatic rings. The van der Waals surface area contributed by atoms with Crippen LogP contribution in [0.2, 0.25) is 0 Å². The Kier molecular flexibility index (Phi) is 5.32. The highest BCUT2D eigenvalue weighted by molar-refractivity contribution is 5.78. The molecule has 1 aromatic carbocycles. The number of benzene rings is 1. The summed E-state index contributed by atoms with van der Waals surface area (Å²) in [6, 6.07) is 7.99. The molecule has 0 saturated carbocycles. The summed E-state index contributed by atoms with van der Waals surface area (Å²) in [5, 5.41) is 0. The Morgan fingerprint density at radius 3 is 3.05 bits per heavy atom. The molecule has 0 bridgehead atoms. The molecule has 0 saturated heterocycles. The molecule has 110 valence electrons. The fourth-order valence-electron chi connectivity index (χ4n) is 2.25. The Hall–Kier alpha value is -2.36. The molecule has 0 aliphatic carbocycles. The number of imidazole rings is 1. The molecular weight excluding hydrogens is 264 g/mol. The first kappa shape index (κ1) is 15.0. The van der Waals surface area contributed by atoms with E-state index in [0.717, 1.165) is 18.6 Å². The normalized spacial score (nSPS) is 11.9. The maximum atomic E-state index is 11.9. The Morgan fingerprint density at radius 1 is 1.52 bits per heavy atom. The van der Waals surface area contributed by atoms with Crippen LogP contribution in [0, 0.1) is 5.92 Å². The van der Waals surface area contributed by atoms with Crippen molar-refractivity contribution in [2.75, 3.05) is 7.11 Å². The number of ether oxygens (including phenoxy) is 1. The fourth-order valence-corrected chi connectivity index (χ4v) is 2.25. The van der Waals surface area contributed by atoms with E-state index in [1.54, 1.807) is 19.5 Å². The van der Waals surface area contributed by atoms with E-state index in [0.29, 0.717) is 6.42 Å². The van der Waals surface area contributed by atoms with E-state index in [9.17, 15) is 4.79 Å². The molecule has 4 heteroatoms. The predicted molar refractivity (Wildman–Crippen MR) is 82.5 cm³/mol. The summed E-state index contributed by atoms with van der Waals surface area (Å²) < 4.78 is 6.75. The number of carbonyl (C=O) groups is 1. The number of aromatic nitrogens is 2. The van der Waals surface area contributed by atoms with Gasteiger partial charge in [0.1, 0.15) is 12.1 Å². The van der Waals surface area contributed by atoms with Gasteiger partial charge in [-0.15, -0.1) is 6.58 Å². The van der Waals surface area contributed by atoms with Gasteiger partial charge >= 0.3 is 0 Å². The molecule has 0 amide bonds. The van der Waals surface area contributed by atoms with Crippen LogP contribution in [0.5, 0.6) is 5.75 Å². The van der Waals surface area contributed by atoms with Crippen molar-refractivity contribution >= 4 is 5.91 Å². The van der Waals surface area contributed by atoms with Crippen molar-refractivity contribution in [2.45, 2.75) is 19.3 Å². The standard InChI is InChI=1S/C17H20N2O2/c1-3-14(7-8-17(20)19-10-9-18-13-19)11-15-5-4-6-16(12-15)21-2/h3-6,9-10,12-14H,1,7-8,11H2,2H3. The predicted octanol–water partition coefficient (Wildman–Crippen LogP) is 3.36. The number of rotatable bonds is 7. The van der Waals surface area contributed by atoms with E-state index in [1.165, 1.54) is 16.5 Å². The van der Waals surface area contributed by atoms with Gasteiger partial charge in [0.25, 0.3) is 0 Å². The lowest BCUT2D eigenvalue weighted by Crippen LogP contribution is -2.11. The summed E-state index contributed by atoms with van der Waals surface area (Å²) >= 11 is 0. The zero-order valence-electron chi connectivity index (χ0n) is 12.2. The van der Waals surface area contributed by atoms with Crippen molar-refractivity contribution in [1.82, 2.24) is 9.55 Å². The maximum Gasteiger partial charge on any atom is 0.231 e. The van der Waals surface area contributed by atoms with E-state index in [-0.39, 0.29) is 11.8 Å². The lowest BCUT2D eigenvalue weighted by Gasteiger charge is -2.13. The minimum atomic E-state index is 0.0602. The number of hydrogen-bond acceptors (Lipinski definition) is 3. The first-order valence-corrected chi connectivity index (χ1v) is 6.99. The molecule has 21 heavy (non-hydrogen) atoms.